The lowest BCUT2D eigenvalue weighted by Gasteiger charge is -2.16. The van der Waals surface area contributed by atoms with Gasteiger partial charge in [-0.15, -0.1) is 0 Å². The highest BCUT2D eigenvalue weighted by Crippen LogP contribution is 2.34. The molecule has 0 saturated carbocycles. The molecule has 0 radical (unpaired) electrons. The van der Waals surface area contributed by atoms with Crippen molar-refractivity contribution in [2.75, 3.05) is 30.5 Å². The van der Waals surface area contributed by atoms with Crippen LogP contribution in [-0.2, 0) is 10.0 Å². The standard InChI is InChI=1S/C25H23N3O6S/c29-24(17-6-5-7-19(14-17)35(31,32)28-12-3-4-13-28)27-21-9-2-1-8-20(21)25(30)26-18-10-11-22-23(15-18)34-16-33-22/h1-2,5-11,14-15H,3-4,12-13,16H2,(H,26,30)(H,27,29). The summed E-state index contributed by atoms with van der Waals surface area (Å²) in [5.74, 6) is 0.190. The van der Waals surface area contributed by atoms with E-state index in [0.717, 1.165) is 12.8 Å². The lowest BCUT2D eigenvalue weighted by Crippen LogP contribution is -2.28. The number of rotatable bonds is 6. The van der Waals surface area contributed by atoms with Crippen LogP contribution in [0.3, 0.4) is 0 Å². The summed E-state index contributed by atoms with van der Waals surface area (Å²) in [6, 6.07) is 17.6. The molecule has 0 aromatic heterocycles. The summed E-state index contributed by atoms with van der Waals surface area (Å²) in [5.41, 5.74) is 1.24. The molecule has 3 aromatic carbocycles. The highest BCUT2D eigenvalue weighted by Gasteiger charge is 2.27. The smallest absolute Gasteiger partial charge is 0.257 e. The van der Waals surface area contributed by atoms with E-state index < -0.39 is 21.8 Å². The fourth-order valence-electron chi connectivity index (χ4n) is 4.03. The molecule has 35 heavy (non-hydrogen) atoms. The van der Waals surface area contributed by atoms with Crippen LogP contribution >= 0.6 is 0 Å². The molecule has 1 saturated heterocycles. The van der Waals surface area contributed by atoms with Gasteiger partial charge in [0.25, 0.3) is 11.8 Å². The number of hydrogen-bond donors (Lipinski definition) is 2. The monoisotopic (exact) mass is 493 g/mol. The number of ether oxygens (including phenoxy) is 2. The highest BCUT2D eigenvalue weighted by atomic mass is 32.2. The summed E-state index contributed by atoms with van der Waals surface area (Å²) in [6.45, 7) is 1.08. The largest absolute Gasteiger partial charge is 0.454 e. The lowest BCUT2D eigenvalue weighted by molar-refractivity contribution is 0.102. The van der Waals surface area contributed by atoms with E-state index in [-0.39, 0.29) is 22.8 Å². The molecule has 2 aliphatic rings. The number of carbonyl (C=O) groups is 2. The van der Waals surface area contributed by atoms with Crippen molar-refractivity contribution in [3.05, 3.63) is 77.9 Å². The number of sulfonamides is 1. The fourth-order valence-corrected chi connectivity index (χ4v) is 5.60. The third-order valence-corrected chi connectivity index (χ3v) is 7.74. The van der Waals surface area contributed by atoms with Crippen molar-refractivity contribution in [3.63, 3.8) is 0 Å². The molecule has 2 aliphatic heterocycles. The maximum absolute atomic E-state index is 13.0. The van der Waals surface area contributed by atoms with Gasteiger partial charge in [0.05, 0.1) is 16.1 Å². The Kier molecular flexibility index (Phi) is 6.14. The molecule has 2 amide bonds. The van der Waals surface area contributed by atoms with Gasteiger partial charge in [0.1, 0.15) is 0 Å². The molecule has 3 aromatic rings. The summed E-state index contributed by atoms with van der Waals surface area (Å²) in [5, 5.41) is 5.52. The summed E-state index contributed by atoms with van der Waals surface area (Å²) < 4.78 is 37.8. The van der Waals surface area contributed by atoms with Crippen molar-refractivity contribution in [1.82, 2.24) is 4.31 Å². The van der Waals surface area contributed by atoms with E-state index in [0.29, 0.717) is 36.0 Å². The molecule has 9 nitrogen and oxygen atoms in total. The number of nitrogens with zero attached hydrogens (tertiary/aromatic N) is 1. The lowest BCUT2D eigenvalue weighted by atomic mass is 10.1. The van der Waals surface area contributed by atoms with Crippen molar-refractivity contribution in [1.29, 1.82) is 0 Å². The molecule has 5 rings (SSSR count). The fraction of sp³-hybridized carbons (Fsp3) is 0.200. The molecular weight excluding hydrogens is 470 g/mol. The SMILES string of the molecule is O=C(Nc1ccccc1C(=O)Nc1ccc2c(c1)OCO2)c1cccc(S(=O)(=O)N2CCCC2)c1. The number of amides is 2. The Hall–Kier alpha value is -3.89. The molecule has 0 atom stereocenters. The van der Waals surface area contributed by atoms with Crippen molar-refractivity contribution in [2.45, 2.75) is 17.7 Å². The van der Waals surface area contributed by atoms with Crippen LogP contribution < -0.4 is 20.1 Å². The van der Waals surface area contributed by atoms with E-state index in [9.17, 15) is 18.0 Å². The zero-order valence-electron chi connectivity index (χ0n) is 18.7. The molecular formula is C25H23N3O6S. The van der Waals surface area contributed by atoms with Gasteiger partial charge in [0.2, 0.25) is 16.8 Å². The Balaban J connectivity index is 1.34. The Morgan fingerprint density at radius 1 is 0.800 bits per heavy atom. The molecule has 0 unspecified atom stereocenters. The first kappa shape index (κ1) is 22.9. The first-order valence-electron chi connectivity index (χ1n) is 11.1. The zero-order chi connectivity index (χ0) is 24.4. The van der Waals surface area contributed by atoms with E-state index in [1.165, 1.54) is 28.6 Å². The second kappa shape index (κ2) is 9.40. The number of nitrogens with one attached hydrogen (secondary N) is 2. The minimum absolute atomic E-state index is 0.0703. The number of para-hydroxylation sites is 1. The van der Waals surface area contributed by atoms with Gasteiger partial charge in [-0.25, -0.2) is 8.42 Å². The Bertz CT molecular complexity index is 1400. The van der Waals surface area contributed by atoms with Crippen LogP contribution in [-0.4, -0.2) is 44.4 Å². The van der Waals surface area contributed by atoms with Crippen LogP contribution in [0, 0.1) is 0 Å². The Morgan fingerprint density at radius 2 is 1.57 bits per heavy atom. The summed E-state index contributed by atoms with van der Waals surface area (Å²) in [6.07, 6.45) is 1.65. The van der Waals surface area contributed by atoms with Crippen molar-refractivity contribution >= 4 is 33.2 Å². The van der Waals surface area contributed by atoms with Crippen molar-refractivity contribution < 1.29 is 27.5 Å². The minimum Gasteiger partial charge on any atom is -0.454 e. The van der Waals surface area contributed by atoms with Crippen molar-refractivity contribution in [3.8, 4) is 11.5 Å². The summed E-state index contributed by atoms with van der Waals surface area (Å²) in [4.78, 5) is 26.0. The number of benzene rings is 3. The van der Waals surface area contributed by atoms with Gasteiger partial charge < -0.3 is 20.1 Å². The second-order valence-electron chi connectivity index (χ2n) is 8.16. The second-order valence-corrected chi connectivity index (χ2v) is 10.1. The number of fused-ring (bicyclic) bond motifs is 1. The van der Waals surface area contributed by atoms with Crippen LogP contribution in [0.15, 0.2) is 71.6 Å². The molecule has 10 heteroatoms. The molecule has 2 N–H and O–H groups in total. The number of hydrogen-bond acceptors (Lipinski definition) is 6. The van der Waals surface area contributed by atoms with E-state index in [2.05, 4.69) is 10.6 Å². The van der Waals surface area contributed by atoms with Gasteiger partial charge in [-0.05, 0) is 55.3 Å². The molecule has 0 aliphatic carbocycles. The van der Waals surface area contributed by atoms with E-state index in [4.69, 9.17) is 9.47 Å². The summed E-state index contributed by atoms with van der Waals surface area (Å²) in [7, 11) is -3.66. The van der Waals surface area contributed by atoms with Crippen molar-refractivity contribution in [2.24, 2.45) is 0 Å². The van der Waals surface area contributed by atoms with Gasteiger partial charge in [-0.1, -0.05) is 18.2 Å². The van der Waals surface area contributed by atoms with Crippen LogP contribution in [0.1, 0.15) is 33.6 Å². The molecule has 1 fully saturated rings. The molecule has 0 spiro atoms. The molecule has 0 bridgehead atoms. The number of anilines is 2. The van der Waals surface area contributed by atoms with E-state index in [1.807, 2.05) is 0 Å². The predicted octanol–water partition coefficient (Wildman–Crippen LogP) is 3.70. The van der Waals surface area contributed by atoms with E-state index in [1.54, 1.807) is 42.5 Å². The Morgan fingerprint density at radius 3 is 2.40 bits per heavy atom. The first-order valence-corrected chi connectivity index (χ1v) is 12.6. The summed E-state index contributed by atoms with van der Waals surface area (Å²) >= 11 is 0. The highest BCUT2D eigenvalue weighted by molar-refractivity contribution is 7.89. The minimum atomic E-state index is -3.66. The third-order valence-electron chi connectivity index (χ3n) is 5.85. The van der Waals surface area contributed by atoms with E-state index >= 15 is 0 Å². The van der Waals surface area contributed by atoms with Gasteiger partial charge in [-0.2, -0.15) is 4.31 Å². The van der Waals surface area contributed by atoms with Crippen LogP contribution in [0.25, 0.3) is 0 Å². The van der Waals surface area contributed by atoms with Gasteiger partial charge >= 0.3 is 0 Å². The topological polar surface area (TPSA) is 114 Å². The van der Waals surface area contributed by atoms with Crippen LogP contribution in [0.5, 0.6) is 11.5 Å². The molecule has 2 heterocycles. The Labute approximate surface area is 202 Å². The predicted molar refractivity (Wildman–Crippen MR) is 129 cm³/mol. The van der Waals surface area contributed by atoms with Crippen LogP contribution in [0.2, 0.25) is 0 Å². The first-order chi connectivity index (χ1) is 16.9. The van der Waals surface area contributed by atoms with Crippen LogP contribution in [0.4, 0.5) is 11.4 Å². The van der Waals surface area contributed by atoms with Gasteiger partial charge in [-0.3, -0.25) is 9.59 Å². The maximum Gasteiger partial charge on any atom is 0.257 e. The number of carbonyl (C=O) groups excluding carboxylic acids is 2. The molecule has 180 valence electrons. The maximum atomic E-state index is 13.0. The third kappa shape index (κ3) is 4.71. The normalized spacial score (nSPS) is 15.1. The zero-order valence-corrected chi connectivity index (χ0v) is 19.5. The average Bonchev–Trinajstić information content (AvgIpc) is 3.57. The van der Waals surface area contributed by atoms with Gasteiger partial charge in [0.15, 0.2) is 11.5 Å². The quantitative estimate of drug-likeness (QED) is 0.541. The van der Waals surface area contributed by atoms with Gasteiger partial charge in [0, 0.05) is 30.4 Å². The average molecular weight is 494 g/mol.